The Balaban J connectivity index is 2.39. The lowest BCUT2D eigenvalue weighted by Gasteiger charge is -2.24. The van der Waals surface area contributed by atoms with Gasteiger partial charge in [-0.05, 0) is 25.3 Å². The number of carbonyl (C=O) groups is 1. The molecule has 0 radical (unpaired) electrons. The first-order valence-corrected chi connectivity index (χ1v) is 7.58. The normalized spacial score (nSPS) is 13.7. The third-order valence-corrected chi connectivity index (χ3v) is 3.61. The first-order chi connectivity index (χ1) is 8.94. The van der Waals surface area contributed by atoms with Crippen molar-refractivity contribution < 1.29 is 9.90 Å². The molecule has 0 bridgehead atoms. The van der Waals surface area contributed by atoms with Crippen LogP contribution in [-0.4, -0.2) is 48.8 Å². The Hall–Kier alpha value is -1.20. The summed E-state index contributed by atoms with van der Waals surface area (Å²) in [4.78, 5) is 13.7. The number of likely N-dealkylation sites (N-methyl/N-ethyl adjacent to an activating group) is 1. The number of amides is 1. The van der Waals surface area contributed by atoms with Gasteiger partial charge < -0.3 is 15.3 Å². The lowest BCUT2D eigenvalue weighted by atomic mass is 10.1. The lowest BCUT2D eigenvalue weighted by molar-refractivity contribution is -0.120. The summed E-state index contributed by atoms with van der Waals surface area (Å²) < 4.78 is 0. The van der Waals surface area contributed by atoms with Gasteiger partial charge in [0.2, 0.25) is 5.91 Å². The molecule has 0 aliphatic rings. The van der Waals surface area contributed by atoms with E-state index in [9.17, 15) is 9.90 Å². The number of nitrogens with one attached hydrogen (secondary N) is 1. The Morgan fingerprint density at radius 3 is 2.63 bits per heavy atom. The van der Waals surface area contributed by atoms with E-state index < -0.39 is 5.60 Å². The van der Waals surface area contributed by atoms with Gasteiger partial charge in [0.25, 0.3) is 0 Å². The summed E-state index contributed by atoms with van der Waals surface area (Å²) in [6.45, 7) is 2.28. The number of hydrogen-bond acceptors (Lipinski definition) is 4. The molecule has 19 heavy (non-hydrogen) atoms. The van der Waals surface area contributed by atoms with Crippen LogP contribution in [0.15, 0.2) is 30.3 Å². The minimum atomic E-state index is -0.861. The number of hydrogen-bond donors (Lipinski definition) is 2. The van der Waals surface area contributed by atoms with Gasteiger partial charge in [-0.25, -0.2) is 0 Å². The van der Waals surface area contributed by atoms with Crippen LogP contribution in [0.3, 0.4) is 0 Å². The van der Waals surface area contributed by atoms with E-state index in [1.807, 2.05) is 48.5 Å². The van der Waals surface area contributed by atoms with Crippen LogP contribution in [0.2, 0.25) is 0 Å². The highest BCUT2D eigenvalue weighted by molar-refractivity contribution is 7.98. The van der Waals surface area contributed by atoms with Crippen molar-refractivity contribution in [3.8, 4) is 0 Å². The fraction of sp³-hybridized carbons (Fsp3) is 0.500. The van der Waals surface area contributed by atoms with Crippen molar-refractivity contribution in [3.63, 3.8) is 0 Å². The zero-order chi connectivity index (χ0) is 14.3. The van der Waals surface area contributed by atoms with Gasteiger partial charge in [0.15, 0.2) is 0 Å². The topological polar surface area (TPSA) is 52.6 Å². The standard InChI is InChI=1S/C14H22N2O2S/c1-14(18,11-19-3)10-15-13(17)9-16(2)12-7-5-4-6-8-12/h4-8,18H,9-11H2,1-3H3,(H,15,17). The fourth-order valence-electron chi connectivity index (χ4n) is 1.70. The summed E-state index contributed by atoms with van der Waals surface area (Å²) in [6, 6.07) is 9.73. The molecule has 5 heteroatoms. The molecular formula is C14H22N2O2S. The third kappa shape index (κ3) is 5.98. The van der Waals surface area contributed by atoms with E-state index in [1.165, 1.54) is 0 Å². The smallest absolute Gasteiger partial charge is 0.239 e. The zero-order valence-corrected chi connectivity index (χ0v) is 12.5. The van der Waals surface area contributed by atoms with Crippen LogP contribution < -0.4 is 10.2 Å². The molecular weight excluding hydrogens is 260 g/mol. The van der Waals surface area contributed by atoms with Crippen LogP contribution in [0.5, 0.6) is 0 Å². The quantitative estimate of drug-likeness (QED) is 0.793. The van der Waals surface area contributed by atoms with Crippen LogP contribution >= 0.6 is 11.8 Å². The maximum absolute atomic E-state index is 11.8. The van der Waals surface area contributed by atoms with Gasteiger partial charge in [0, 0.05) is 25.0 Å². The summed E-state index contributed by atoms with van der Waals surface area (Å²) in [6.07, 6.45) is 1.93. The molecule has 0 spiro atoms. The van der Waals surface area contributed by atoms with Crippen molar-refractivity contribution >= 4 is 23.4 Å². The van der Waals surface area contributed by atoms with Crippen LogP contribution in [-0.2, 0) is 4.79 Å². The van der Waals surface area contributed by atoms with Crippen molar-refractivity contribution in [1.82, 2.24) is 5.32 Å². The molecule has 0 saturated carbocycles. The Labute approximate surface area is 119 Å². The molecule has 0 heterocycles. The summed E-state index contributed by atoms with van der Waals surface area (Å²) in [5.74, 6) is 0.509. The number of nitrogens with zero attached hydrogens (tertiary/aromatic N) is 1. The minimum absolute atomic E-state index is 0.0901. The second-order valence-electron chi connectivity index (χ2n) is 4.90. The van der Waals surface area contributed by atoms with Gasteiger partial charge in [-0.15, -0.1) is 0 Å². The Morgan fingerprint density at radius 2 is 2.05 bits per heavy atom. The number of aliphatic hydroxyl groups is 1. The van der Waals surface area contributed by atoms with E-state index >= 15 is 0 Å². The average molecular weight is 282 g/mol. The molecule has 2 N–H and O–H groups in total. The maximum atomic E-state index is 11.8. The Bertz CT molecular complexity index is 396. The molecule has 1 rings (SSSR count). The molecule has 1 aromatic rings. The highest BCUT2D eigenvalue weighted by Crippen LogP contribution is 2.11. The SMILES string of the molecule is CSCC(C)(O)CNC(=O)CN(C)c1ccccc1. The van der Waals surface area contributed by atoms with Crippen molar-refractivity contribution in [2.24, 2.45) is 0 Å². The summed E-state index contributed by atoms with van der Waals surface area (Å²) >= 11 is 1.56. The van der Waals surface area contributed by atoms with Crippen LogP contribution in [0.4, 0.5) is 5.69 Å². The third-order valence-electron chi connectivity index (χ3n) is 2.70. The number of benzene rings is 1. The van der Waals surface area contributed by atoms with E-state index in [4.69, 9.17) is 0 Å². The number of carbonyl (C=O) groups excluding carboxylic acids is 1. The molecule has 1 aromatic carbocycles. The molecule has 0 aliphatic carbocycles. The molecule has 0 aromatic heterocycles. The summed E-state index contributed by atoms with van der Waals surface area (Å²) in [5.41, 5.74) is 0.133. The van der Waals surface area contributed by atoms with Crippen LogP contribution in [0, 0.1) is 0 Å². The lowest BCUT2D eigenvalue weighted by Crippen LogP contribution is -2.45. The van der Waals surface area contributed by atoms with Gasteiger partial charge in [0.05, 0.1) is 12.1 Å². The second-order valence-corrected chi connectivity index (χ2v) is 5.76. The van der Waals surface area contributed by atoms with Gasteiger partial charge >= 0.3 is 0 Å². The minimum Gasteiger partial charge on any atom is -0.387 e. The highest BCUT2D eigenvalue weighted by atomic mass is 32.2. The predicted octanol–water partition coefficient (Wildman–Crippen LogP) is 1.35. The van der Waals surface area contributed by atoms with Gasteiger partial charge in [0.1, 0.15) is 0 Å². The van der Waals surface area contributed by atoms with E-state index in [2.05, 4.69) is 5.32 Å². The van der Waals surface area contributed by atoms with Crippen molar-refractivity contribution in [2.45, 2.75) is 12.5 Å². The zero-order valence-electron chi connectivity index (χ0n) is 11.7. The largest absolute Gasteiger partial charge is 0.387 e. The molecule has 1 unspecified atom stereocenters. The second kappa shape index (κ2) is 7.40. The highest BCUT2D eigenvalue weighted by Gasteiger charge is 2.20. The summed E-state index contributed by atoms with van der Waals surface area (Å²) in [7, 11) is 1.87. The monoisotopic (exact) mass is 282 g/mol. The van der Waals surface area contributed by atoms with Gasteiger partial charge in [-0.3, -0.25) is 4.79 Å². The van der Waals surface area contributed by atoms with Gasteiger partial charge in [-0.1, -0.05) is 18.2 Å². The maximum Gasteiger partial charge on any atom is 0.239 e. The predicted molar refractivity (Wildman–Crippen MR) is 81.7 cm³/mol. The molecule has 0 aliphatic heterocycles. The molecule has 0 saturated heterocycles. The Kier molecular flexibility index (Phi) is 6.18. The molecule has 0 fully saturated rings. The van der Waals surface area contributed by atoms with E-state index in [0.29, 0.717) is 5.75 Å². The molecule has 1 amide bonds. The average Bonchev–Trinajstić information content (AvgIpc) is 2.37. The van der Waals surface area contributed by atoms with E-state index in [-0.39, 0.29) is 19.0 Å². The molecule has 106 valence electrons. The van der Waals surface area contributed by atoms with Crippen molar-refractivity contribution in [1.29, 1.82) is 0 Å². The van der Waals surface area contributed by atoms with Crippen molar-refractivity contribution in [3.05, 3.63) is 30.3 Å². The fourth-order valence-corrected chi connectivity index (χ4v) is 2.42. The van der Waals surface area contributed by atoms with E-state index in [0.717, 1.165) is 5.69 Å². The number of para-hydroxylation sites is 1. The molecule has 4 nitrogen and oxygen atoms in total. The van der Waals surface area contributed by atoms with Crippen LogP contribution in [0.1, 0.15) is 6.92 Å². The van der Waals surface area contributed by atoms with Crippen molar-refractivity contribution in [2.75, 3.05) is 37.0 Å². The van der Waals surface area contributed by atoms with Gasteiger partial charge in [-0.2, -0.15) is 11.8 Å². The van der Waals surface area contributed by atoms with Crippen LogP contribution in [0.25, 0.3) is 0 Å². The number of thioether (sulfide) groups is 1. The van der Waals surface area contributed by atoms with E-state index in [1.54, 1.807) is 18.7 Å². The molecule has 1 atom stereocenters. The number of anilines is 1. The number of rotatable bonds is 7. The summed E-state index contributed by atoms with van der Waals surface area (Å²) in [5, 5.41) is 12.7. The first-order valence-electron chi connectivity index (χ1n) is 6.19. The Morgan fingerprint density at radius 1 is 1.42 bits per heavy atom. The first kappa shape index (κ1) is 15.9.